The Balaban J connectivity index is 1.83. The predicted molar refractivity (Wildman–Crippen MR) is 115 cm³/mol. The fraction of sp³-hybridized carbons (Fsp3) is 0.130. The maximum absolute atomic E-state index is 13.4. The van der Waals surface area contributed by atoms with E-state index in [4.69, 9.17) is 5.26 Å². The predicted octanol–water partition coefficient (Wildman–Crippen LogP) is 4.46. The SMILES string of the molecule is CCc1ccc(N2C(=O)N(Cc3cccc(C#N)c3)c3ccccc3S2(=O)=O)cc1. The lowest BCUT2D eigenvalue weighted by Crippen LogP contribution is -2.50. The summed E-state index contributed by atoms with van der Waals surface area (Å²) >= 11 is 0. The van der Waals surface area contributed by atoms with E-state index in [1.807, 2.05) is 19.1 Å². The molecule has 0 bridgehead atoms. The number of fused-ring (bicyclic) bond motifs is 1. The van der Waals surface area contributed by atoms with Crippen LogP contribution in [0.3, 0.4) is 0 Å². The molecule has 0 aromatic heterocycles. The number of urea groups is 1. The van der Waals surface area contributed by atoms with E-state index in [0.717, 1.165) is 21.9 Å². The van der Waals surface area contributed by atoms with Crippen molar-refractivity contribution in [1.29, 1.82) is 5.26 Å². The van der Waals surface area contributed by atoms with Crippen LogP contribution in [0.5, 0.6) is 0 Å². The first-order valence-electron chi connectivity index (χ1n) is 9.49. The number of anilines is 2. The largest absolute Gasteiger partial charge is 0.343 e. The highest BCUT2D eigenvalue weighted by Gasteiger charge is 2.42. The van der Waals surface area contributed by atoms with Gasteiger partial charge in [0.25, 0.3) is 10.0 Å². The van der Waals surface area contributed by atoms with E-state index >= 15 is 0 Å². The van der Waals surface area contributed by atoms with Gasteiger partial charge in [0.1, 0.15) is 4.90 Å². The molecule has 0 radical (unpaired) electrons. The van der Waals surface area contributed by atoms with Gasteiger partial charge in [-0.3, -0.25) is 4.90 Å². The number of sulfonamides is 1. The molecule has 0 spiro atoms. The molecule has 1 aliphatic rings. The summed E-state index contributed by atoms with van der Waals surface area (Å²) in [4.78, 5) is 14.9. The number of aryl methyl sites for hydroxylation is 1. The molecule has 0 unspecified atom stereocenters. The van der Waals surface area contributed by atoms with Crippen LogP contribution in [-0.2, 0) is 23.0 Å². The van der Waals surface area contributed by atoms with Gasteiger partial charge in [-0.05, 0) is 53.9 Å². The number of amides is 2. The van der Waals surface area contributed by atoms with Crippen LogP contribution in [0.1, 0.15) is 23.6 Å². The minimum Gasteiger partial charge on any atom is -0.287 e. The molecule has 3 aromatic carbocycles. The maximum atomic E-state index is 13.4. The lowest BCUT2D eigenvalue weighted by atomic mass is 10.1. The summed E-state index contributed by atoms with van der Waals surface area (Å²) in [6, 6.07) is 21.8. The summed E-state index contributed by atoms with van der Waals surface area (Å²) in [6.45, 7) is 2.15. The highest BCUT2D eigenvalue weighted by molar-refractivity contribution is 7.94. The van der Waals surface area contributed by atoms with E-state index in [-0.39, 0.29) is 11.4 Å². The Bertz CT molecular complexity index is 1260. The molecule has 6 nitrogen and oxygen atoms in total. The van der Waals surface area contributed by atoms with Gasteiger partial charge in [-0.1, -0.05) is 43.3 Å². The van der Waals surface area contributed by atoms with Crippen molar-refractivity contribution in [2.24, 2.45) is 0 Å². The van der Waals surface area contributed by atoms with E-state index in [1.165, 1.54) is 11.0 Å². The molecular formula is C23H19N3O3S. The van der Waals surface area contributed by atoms with Crippen LogP contribution < -0.4 is 9.21 Å². The quantitative estimate of drug-likeness (QED) is 0.628. The van der Waals surface area contributed by atoms with Crippen LogP contribution in [0.4, 0.5) is 16.2 Å². The molecule has 0 aliphatic carbocycles. The average molecular weight is 417 g/mol. The molecule has 0 atom stereocenters. The lowest BCUT2D eigenvalue weighted by Gasteiger charge is -2.36. The number of carbonyl (C=O) groups is 1. The third-order valence-corrected chi connectivity index (χ3v) is 6.80. The van der Waals surface area contributed by atoms with Crippen LogP contribution >= 0.6 is 0 Å². The molecule has 0 saturated carbocycles. The molecule has 1 heterocycles. The minimum atomic E-state index is -4.05. The van der Waals surface area contributed by atoms with Crippen molar-refractivity contribution in [3.63, 3.8) is 0 Å². The van der Waals surface area contributed by atoms with Crippen molar-refractivity contribution < 1.29 is 13.2 Å². The number of hydrogen-bond donors (Lipinski definition) is 0. The van der Waals surface area contributed by atoms with Crippen molar-refractivity contribution in [2.45, 2.75) is 24.8 Å². The van der Waals surface area contributed by atoms with Gasteiger partial charge in [0.2, 0.25) is 0 Å². The highest BCUT2D eigenvalue weighted by Crippen LogP contribution is 2.38. The molecule has 30 heavy (non-hydrogen) atoms. The monoisotopic (exact) mass is 417 g/mol. The van der Waals surface area contributed by atoms with Crippen molar-refractivity contribution in [3.8, 4) is 6.07 Å². The first-order valence-corrected chi connectivity index (χ1v) is 10.9. The second-order valence-corrected chi connectivity index (χ2v) is 8.69. The number of benzene rings is 3. The molecular weight excluding hydrogens is 398 g/mol. The van der Waals surface area contributed by atoms with Crippen molar-refractivity contribution in [3.05, 3.63) is 89.5 Å². The van der Waals surface area contributed by atoms with Gasteiger partial charge in [-0.15, -0.1) is 0 Å². The zero-order chi connectivity index (χ0) is 21.3. The average Bonchev–Trinajstić information content (AvgIpc) is 2.77. The summed E-state index contributed by atoms with van der Waals surface area (Å²) in [6.07, 6.45) is 0.811. The van der Waals surface area contributed by atoms with Crippen molar-refractivity contribution >= 4 is 27.4 Å². The van der Waals surface area contributed by atoms with Gasteiger partial charge in [0, 0.05) is 0 Å². The highest BCUT2D eigenvalue weighted by atomic mass is 32.2. The number of para-hydroxylation sites is 1. The Labute approximate surface area is 175 Å². The lowest BCUT2D eigenvalue weighted by molar-refractivity contribution is 0.253. The number of rotatable bonds is 4. The Kier molecular flexibility index (Phi) is 5.02. The molecule has 7 heteroatoms. The third-order valence-electron chi connectivity index (χ3n) is 5.05. The van der Waals surface area contributed by atoms with Gasteiger partial charge in [-0.25, -0.2) is 13.2 Å². The van der Waals surface area contributed by atoms with Crippen LogP contribution in [0.2, 0.25) is 0 Å². The van der Waals surface area contributed by atoms with E-state index < -0.39 is 16.1 Å². The molecule has 3 aromatic rings. The second kappa shape index (κ2) is 7.65. The number of nitriles is 1. The van der Waals surface area contributed by atoms with E-state index in [1.54, 1.807) is 54.6 Å². The molecule has 4 rings (SSSR count). The molecule has 1 aliphatic heterocycles. The van der Waals surface area contributed by atoms with Crippen LogP contribution in [0.25, 0.3) is 0 Å². The Morgan fingerprint density at radius 2 is 1.67 bits per heavy atom. The number of carbonyl (C=O) groups excluding carboxylic acids is 1. The topological polar surface area (TPSA) is 81.5 Å². The summed E-state index contributed by atoms with van der Waals surface area (Å²) < 4.78 is 27.5. The van der Waals surface area contributed by atoms with Gasteiger partial charge < -0.3 is 0 Å². The van der Waals surface area contributed by atoms with Crippen LogP contribution in [0.15, 0.2) is 77.7 Å². The first-order chi connectivity index (χ1) is 14.5. The normalized spacial score (nSPS) is 14.9. The van der Waals surface area contributed by atoms with E-state index in [0.29, 0.717) is 16.9 Å². The molecule has 0 saturated heterocycles. The fourth-order valence-corrected chi connectivity index (χ4v) is 5.10. The third kappa shape index (κ3) is 3.31. The molecule has 2 amide bonds. The van der Waals surface area contributed by atoms with Crippen molar-refractivity contribution in [1.82, 2.24) is 0 Å². The van der Waals surface area contributed by atoms with E-state index in [9.17, 15) is 13.2 Å². The smallest absolute Gasteiger partial charge is 0.287 e. The van der Waals surface area contributed by atoms with Gasteiger partial charge >= 0.3 is 6.03 Å². The summed E-state index contributed by atoms with van der Waals surface area (Å²) in [7, 11) is -4.05. The number of nitrogens with zero attached hydrogens (tertiary/aromatic N) is 3. The molecule has 150 valence electrons. The summed E-state index contributed by atoms with van der Waals surface area (Å²) in [5, 5.41) is 9.16. The second-order valence-electron chi connectivity index (χ2n) is 6.94. The van der Waals surface area contributed by atoms with Gasteiger partial charge in [0.05, 0.1) is 29.6 Å². The van der Waals surface area contributed by atoms with Gasteiger partial charge in [-0.2, -0.15) is 9.57 Å². The zero-order valence-corrected chi connectivity index (χ0v) is 17.1. The standard InChI is InChI=1S/C23H19N3O3S/c1-2-17-10-12-20(13-11-17)26-23(27)25(16-19-7-5-6-18(14-19)15-24)21-8-3-4-9-22(21)30(26,28)29/h3-14H,2,16H2,1H3. The van der Waals surface area contributed by atoms with Crippen LogP contribution in [-0.4, -0.2) is 14.4 Å². The fourth-order valence-electron chi connectivity index (χ4n) is 3.50. The first kappa shape index (κ1) is 19.7. The summed E-state index contributed by atoms with van der Waals surface area (Å²) in [5.41, 5.74) is 2.88. The number of hydrogen-bond acceptors (Lipinski definition) is 4. The van der Waals surface area contributed by atoms with Gasteiger partial charge in [0.15, 0.2) is 0 Å². The Hall–Kier alpha value is -3.63. The molecule has 0 fully saturated rings. The maximum Gasteiger partial charge on any atom is 0.343 e. The summed E-state index contributed by atoms with van der Waals surface area (Å²) in [5.74, 6) is 0. The minimum absolute atomic E-state index is 0.0700. The van der Waals surface area contributed by atoms with Crippen LogP contribution in [0, 0.1) is 11.3 Å². The van der Waals surface area contributed by atoms with Crippen molar-refractivity contribution in [2.75, 3.05) is 9.21 Å². The Morgan fingerprint density at radius 1 is 0.933 bits per heavy atom. The Morgan fingerprint density at radius 3 is 2.37 bits per heavy atom. The zero-order valence-electron chi connectivity index (χ0n) is 16.3. The molecule has 0 N–H and O–H groups in total. The van der Waals surface area contributed by atoms with E-state index in [2.05, 4.69) is 6.07 Å².